The minimum absolute atomic E-state index is 0.00331. The third-order valence-electron chi connectivity index (χ3n) is 4.43. The van der Waals surface area contributed by atoms with Crippen LogP contribution in [0.4, 0.5) is 20.2 Å². The highest BCUT2D eigenvalue weighted by atomic mass is 35.5. The van der Waals surface area contributed by atoms with E-state index in [9.17, 15) is 13.6 Å². The molecule has 2 N–H and O–H groups in total. The molecule has 0 bridgehead atoms. The van der Waals surface area contributed by atoms with Gasteiger partial charge in [0, 0.05) is 17.4 Å². The van der Waals surface area contributed by atoms with Crippen molar-refractivity contribution in [1.29, 1.82) is 0 Å². The van der Waals surface area contributed by atoms with Crippen LogP contribution in [-0.4, -0.2) is 37.0 Å². The zero-order valence-corrected chi connectivity index (χ0v) is 15.1. The predicted molar refractivity (Wildman–Crippen MR) is 99.9 cm³/mol. The van der Waals surface area contributed by atoms with Crippen LogP contribution in [0.15, 0.2) is 36.4 Å². The summed E-state index contributed by atoms with van der Waals surface area (Å²) in [6.07, 6.45) is 1.92. The van der Waals surface area contributed by atoms with Gasteiger partial charge in [0.15, 0.2) is 0 Å². The summed E-state index contributed by atoms with van der Waals surface area (Å²) in [5, 5.41) is 5.82. The van der Waals surface area contributed by atoms with Crippen molar-refractivity contribution in [3.05, 3.63) is 58.6 Å². The lowest BCUT2D eigenvalue weighted by atomic mass is 10.1. The van der Waals surface area contributed by atoms with Crippen LogP contribution in [-0.2, 0) is 0 Å². The molecule has 2 aromatic rings. The Bertz CT molecular complexity index is 787. The van der Waals surface area contributed by atoms with E-state index >= 15 is 0 Å². The van der Waals surface area contributed by atoms with Gasteiger partial charge in [0.25, 0.3) is 5.91 Å². The summed E-state index contributed by atoms with van der Waals surface area (Å²) in [6.45, 7) is 1.95. The molecular weight excluding hydrogens is 360 g/mol. The molecule has 26 heavy (non-hydrogen) atoms. The summed E-state index contributed by atoms with van der Waals surface area (Å²) in [5.41, 5.74) is 0.558. The number of amides is 1. The first-order valence-electron chi connectivity index (χ1n) is 8.43. The molecule has 1 fully saturated rings. The van der Waals surface area contributed by atoms with E-state index in [0.29, 0.717) is 5.69 Å². The van der Waals surface area contributed by atoms with Crippen molar-refractivity contribution >= 4 is 28.9 Å². The largest absolute Gasteiger partial charge is 0.382 e. The maximum absolute atomic E-state index is 14.0. The molecule has 2 aromatic carbocycles. The number of rotatable bonds is 4. The van der Waals surface area contributed by atoms with Crippen molar-refractivity contribution in [3.63, 3.8) is 0 Å². The number of anilines is 2. The van der Waals surface area contributed by atoms with E-state index in [1.807, 2.05) is 0 Å². The van der Waals surface area contributed by atoms with Crippen LogP contribution in [0.2, 0.25) is 5.02 Å². The zero-order valence-electron chi connectivity index (χ0n) is 14.4. The van der Waals surface area contributed by atoms with Crippen LogP contribution < -0.4 is 10.6 Å². The quantitative estimate of drug-likeness (QED) is 0.828. The van der Waals surface area contributed by atoms with Crippen molar-refractivity contribution < 1.29 is 13.6 Å². The average molecular weight is 380 g/mol. The summed E-state index contributed by atoms with van der Waals surface area (Å²) in [6, 6.07) is 8.44. The van der Waals surface area contributed by atoms with Crippen LogP contribution >= 0.6 is 11.6 Å². The summed E-state index contributed by atoms with van der Waals surface area (Å²) in [5.74, 6) is -1.93. The molecule has 1 heterocycles. The number of carbonyl (C=O) groups is 1. The second kappa shape index (κ2) is 8.01. The maximum atomic E-state index is 14.0. The number of piperidine rings is 1. The second-order valence-corrected chi connectivity index (χ2v) is 6.91. The lowest BCUT2D eigenvalue weighted by Gasteiger charge is -2.30. The summed E-state index contributed by atoms with van der Waals surface area (Å²) in [4.78, 5) is 14.6. The van der Waals surface area contributed by atoms with E-state index in [2.05, 4.69) is 22.6 Å². The van der Waals surface area contributed by atoms with Gasteiger partial charge in [0.1, 0.15) is 11.6 Å². The van der Waals surface area contributed by atoms with Crippen molar-refractivity contribution in [2.24, 2.45) is 0 Å². The molecular formula is C19H20ClF2N3O. The fourth-order valence-corrected chi connectivity index (χ4v) is 3.29. The third-order valence-corrected chi connectivity index (χ3v) is 4.75. The van der Waals surface area contributed by atoms with Crippen molar-refractivity contribution in [1.82, 2.24) is 4.90 Å². The Balaban J connectivity index is 1.74. The number of hydrogen-bond acceptors (Lipinski definition) is 3. The first-order chi connectivity index (χ1) is 12.4. The van der Waals surface area contributed by atoms with Gasteiger partial charge in [-0.05, 0) is 63.3 Å². The van der Waals surface area contributed by atoms with E-state index in [1.54, 1.807) is 6.07 Å². The Kier molecular flexibility index (Phi) is 5.74. The van der Waals surface area contributed by atoms with E-state index in [4.69, 9.17) is 11.6 Å². The van der Waals surface area contributed by atoms with Gasteiger partial charge >= 0.3 is 0 Å². The topological polar surface area (TPSA) is 44.4 Å². The van der Waals surface area contributed by atoms with E-state index in [1.165, 1.54) is 24.3 Å². The maximum Gasteiger partial charge on any atom is 0.260 e. The van der Waals surface area contributed by atoms with Crippen molar-refractivity contribution in [2.75, 3.05) is 30.8 Å². The van der Waals surface area contributed by atoms with Gasteiger partial charge in [0.2, 0.25) is 0 Å². The molecule has 0 aliphatic carbocycles. The second-order valence-electron chi connectivity index (χ2n) is 6.50. The fraction of sp³-hybridized carbons (Fsp3) is 0.316. The molecule has 0 aromatic heterocycles. The minimum atomic E-state index is -0.726. The van der Waals surface area contributed by atoms with Crippen LogP contribution in [0, 0.1) is 11.6 Å². The lowest BCUT2D eigenvalue weighted by Crippen LogP contribution is -2.36. The van der Waals surface area contributed by atoms with Crippen LogP contribution in [0.5, 0.6) is 0 Å². The molecule has 0 unspecified atom stereocenters. The molecule has 1 amide bonds. The number of nitrogens with one attached hydrogen (secondary N) is 2. The normalized spacial score (nSPS) is 15.7. The SMILES string of the molecule is CN1CCC(Nc2cc(F)cc(NC(=O)c3c(F)cccc3Cl)c2)CC1. The number of hydrogen-bond donors (Lipinski definition) is 2. The summed E-state index contributed by atoms with van der Waals surface area (Å²) in [7, 11) is 2.07. The molecule has 0 radical (unpaired) electrons. The number of halogens is 3. The molecule has 7 heteroatoms. The molecule has 0 atom stereocenters. The zero-order chi connectivity index (χ0) is 18.7. The van der Waals surface area contributed by atoms with Gasteiger partial charge in [-0.25, -0.2) is 8.78 Å². The van der Waals surface area contributed by atoms with Crippen molar-refractivity contribution in [2.45, 2.75) is 18.9 Å². The first kappa shape index (κ1) is 18.6. The standard InChI is InChI=1S/C19H20ClF2N3O/c1-25-7-5-13(6-8-25)23-14-9-12(21)10-15(11-14)24-19(26)18-16(20)3-2-4-17(18)22/h2-4,9-11,13,23H,5-8H2,1H3,(H,24,26). The predicted octanol–water partition coefficient (Wildman–Crippen LogP) is 4.38. The first-order valence-corrected chi connectivity index (χ1v) is 8.81. The highest BCUT2D eigenvalue weighted by Gasteiger charge is 2.18. The van der Waals surface area contributed by atoms with Gasteiger partial charge in [-0.1, -0.05) is 17.7 Å². The minimum Gasteiger partial charge on any atom is -0.382 e. The Labute approximate surface area is 156 Å². The van der Waals surface area contributed by atoms with Gasteiger partial charge in [-0.3, -0.25) is 4.79 Å². The van der Waals surface area contributed by atoms with Gasteiger partial charge in [-0.2, -0.15) is 0 Å². The Morgan fingerprint density at radius 1 is 1.15 bits per heavy atom. The van der Waals surface area contributed by atoms with E-state index in [0.717, 1.165) is 32.0 Å². The number of carbonyl (C=O) groups excluding carboxylic acids is 1. The van der Waals surface area contributed by atoms with Gasteiger partial charge < -0.3 is 15.5 Å². The van der Waals surface area contributed by atoms with E-state index in [-0.39, 0.29) is 22.3 Å². The van der Waals surface area contributed by atoms with E-state index < -0.39 is 17.5 Å². The number of nitrogens with zero attached hydrogens (tertiary/aromatic N) is 1. The molecule has 3 rings (SSSR count). The Morgan fingerprint density at radius 3 is 2.54 bits per heavy atom. The number of likely N-dealkylation sites (tertiary alicyclic amines) is 1. The lowest BCUT2D eigenvalue weighted by molar-refractivity contribution is 0.102. The third kappa shape index (κ3) is 4.51. The molecule has 0 spiro atoms. The van der Waals surface area contributed by atoms with Crippen LogP contribution in [0.25, 0.3) is 0 Å². The number of benzene rings is 2. The Hall–Kier alpha value is -2.18. The molecule has 138 valence electrons. The molecule has 1 aliphatic heterocycles. The smallest absolute Gasteiger partial charge is 0.260 e. The van der Waals surface area contributed by atoms with Crippen LogP contribution in [0.3, 0.4) is 0 Å². The molecule has 1 saturated heterocycles. The average Bonchev–Trinajstić information content (AvgIpc) is 2.56. The molecule has 1 aliphatic rings. The van der Waals surface area contributed by atoms with Gasteiger partial charge in [0.05, 0.1) is 10.6 Å². The van der Waals surface area contributed by atoms with Crippen LogP contribution in [0.1, 0.15) is 23.2 Å². The highest BCUT2D eigenvalue weighted by molar-refractivity contribution is 6.34. The highest BCUT2D eigenvalue weighted by Crippen LogP contribution is 2.24. The monoisotopic (exact) mass is 379 g/mol. The molecule has 4 nitrogen and oxygen atoms in total. The van der Waals surface area contributed by atoms with Gasteiger partial charge in [-0.15, -0.1) is 0 Å². The van der Waals surface area contributed by atoms with Crippen molar-refractivity contribution in [3.8, 4) is 0 Å². The summed E-state index contributed by atoms with van der Waals surface area (Å²) >= 11 is 5.90. The molecule has 0 saturated carbocycles. The summed E-state index contributed by atoms with van der Waals surface area (Å²) < 4.78 is 27.8. The fourth-order valence-electron chi connectivity index (χ4n) is 3.04. The Morgan fingerprint density at radius 2 is 1.85 bits per heavy atom.